The van der Waals surface area contributed by atoms with Crippen LogP contribution in [0.5, 0.6) is 0 Å². The van der Waals surface area contributed by atoms with Crippen LogP contribution in [0, 0.1) is 0 Å². The molecule has 1 fully saturated rings. The summed E-state index contributed by atoms with van der Waals surface area (Å²) in [6.07, 6.45) is 2.32. The lowest BCUT2D eigenvalue weighted by molar-refractivity contribution is -0.152. The summed E-state index contributed by atoms with van der Waals surface area (Å²) in [5.41, 5.74) is 0.933. The highest BCUT2D eigenvalue weighted by Gasteiger charge is 2.34. The molecule has 0 aliphatic carbocycles. The molecule has 1 heterocycles. The molecule has 0 spiro atoms. The summed E-state index contributed by atoms with van der Waals surface area (Å²) < 4.78 is 0. The van der Waals surface area contributed by atoms with Crippen molar-refractivity contribution in [2.75, 3.05) is 6.54 Å². The van der Waals surface area contributed by atoms with Gasteiger partial charge in [0.15, 0.2) is 0 Å². The van der Waals surface area contributed by atoms with Crippen LogP contribution in [0.2, 0.25) is 0 Å². The molecule has 1 unspecified atom stereocenters. The normalized spacial score (nSPS) is 20.9. The van der Waals surface area contributed by atoms with Crippen LogP contribution in [-0.2, 0) is 9.59 Å². The van der Waals surface area contributed by atoms with Gasteiger partial charge in [-0.05, 0) is 31.7 Å². The highest BCUT2D eigenvalue weighted by atomic mass is 16.4. The number of likely N-dealkylation sites (tertiary alicyclic amines) is 1. The van der Waals surface area contributed by atoms with Crippen LogP contribution >= 0.6 is 0 Å². The molecular formula is C15H19NO3. The average molecular weight is 261 g/mol. The van der Waals surface area contributed by atoms with Crippen LogP contribution in [0.4, 0.5) is 0 Å². The lowest BCUT2D eigenvalue weighted by Crippen LogP contribution is -2.49. The van der Waals surface area contributed by atoms with Crippen LogP contribution in [-0.4, -0.2) is 34.5 Å². The second-order valence-corrected chi connectivity index (χ2v) is 5.01. The summed E-state index contributed by atoms with van der Waals surface area (Å²) in [7, 11) is 0. The summed E-state index contributed by atoms with van der Waals surface area (Å²) in [4.78, 5) is 25.2. The molecule has 1 amide bonds. The third kappa shape index (κ3) is 2.95. The number of aliphatic carboxylic acids is 1. The number of piperidine rings is 1. The number of carbonyl (C=O) groups is 2. The first-order valence-electron chi connectivity index (χ1n) is 6.69. The van der Waals surface area contributed by atoms with Crippen molar-refractivity contribution >= 4 is 11.9 Å². The van der Waals surface area contributed by atoms with Crippen LogP contribution < -0.4 is 0 Å². The van der Waals surface area contributed by atoms with Crippen LogP contribution in [0.25, 0.3) is 0 Å². The van der Waals surface area contributed by atoms with E-state index in [0.717, 1.165) is 18.4 Å². The molecule has 1 aromatic carbocycles. The molecule has 1 saturated heterocycles. The van der Waals surface area contributed by atoms with E-state index in [9.17, 15) is 14.7 Å². The third-order valence-corrected chi connectivity index (χ3v) is 3.74. The Kier molecular flexibility index (Phi) is 4.20. The number of amides is 1. The fourth-order valence-corrected chi connectivity index (χ4v) is 2.59. The first-order valence-corrected chi connectivity index (χ1v) is 6.69. The van der Waals surface area contributed by atoms with Gasteiger partial charge in [0.1, 0.15) is 6.04 Å². The van der Waals surface area contributed by atoms with Gasteiger partial charge in [-0.2, -0.15) is 0 Å². The zero-order valence-electron chi connectivity index (χ0n) is 11.1. The topological polar surface area (TPSA) is 57.6 Å². The van der Waals surface area contributed by atoms with E-state index in [1.54, 1.807) is 0 Å². The molecule has 102 valence electrons. The first-order chi connectivity index (χ1) is 9.11. The van der Waals surface area contributed by atoms with Gasteiger partial charge in [0.05, 0.1) is 5.92 Å². The van der Waals surface area contributed by atoms with Crippen molar-refractivity contribution in [3.63, 3.8) is 0 Å². The Bertz CT molecular complexity index is 458. The molecule has 19 heavy (non-hydrogen) atoms. The highest BCUT2D eigenvalue weighted by Crippen LogP contribution is 2.24. The van der Waals surface area contributed by atoms with Crippen LogP contribution in [0.3, 0.4) is 0 Å². The second kappa shape index (κ2) is 5.87. The van der Waals surface area contributed by atoms with Gasteiger partial charge in [0, 0.05) is 6.54 Å². The minimum Gasteiger partial charge on any atom is -0.480 e. The molecule has 1 N–H and O–H groups in total. The van der Waals surface area contributed by atoms with E-state index in [-0.39, 0.29) is 11.8 Å². The van der Waals surface area contributed by atoms with Gasteiger partial charge in [0.25, 0.3) is 0 Å². The van der Waals surface area contributed by atoms with Gasteiger partial charge < -0.3 is 10.0 Å². The SMILES string of the molecule is CC(C(=O)N1CCCC[C@H]1C(=O)O)c1ccccc1. The Balaban J connectivity index is 2.15. The Morgan fingerprint density at radius 1 is 1.26 bits per heavy atom. The molecular weight excluding hydrogens is 242 g/mol. The van der Waals surface area contributed by atoms with Gasteiger partial charge in [-0.3, -0.25) is 4.79 Å². The van der Waals surface area contributed by atoms with Crippen molar-refractivity contribution in [2.45, 2.75) is 38.1 Å². The van der Waals surface area contributed by atoms with Gasteiger partial charge in [-0.25, -0.2) is 4.79 Å². The maximum Gasteiger partial charge on any atom is 0.326 e. The van der Waals surface area contributed by atoms with Gasteiger partial charge in [0.2, 0.25) is 5.91 Å². The van der Waals surface area contributed by atoms with Gasteiger partial charge in [-0.1, -0.05) is 30.3 Å². The molecule has 1 aliphatic rings. The predicted molar refractivity (Wildman–Crippen MR) is 71.8 cm³/mol. The summed E-state index contributed by atoms with van der Waals surface area (Å²) in [5, 5.41) is 9.22. The molecule has 4 nitrogen and oxygen atoms in total. The Hall–Kier alpha value is -1.84. The fourth-order valence-electron chi connectivity index (χ4n) is 2.59. The molecule has 1 aromatic rings. The van der Waals surface area contributed by atoms with Crippen molar-refractivity contribution in [1.82, 2.24) is 4.90 Å². The first kappa shape index (κ1) is 13.6. The Morgan fingerprint density at radius 3 is 2.58 bits per heavy atom. The van der Waals surface area contributed by atoms with E-state index in [2.05, 4.69) is 0 Å². The monoisotopic (exact) mass is 261 g/mol. The third-order valence-electron chi connectivity index (χ3n) is 3.74. The summed E-state index contributed by atoms with van der Waals surface area (Å²) >= 11 is 0. The van der Waals surface area contributed by atoms with E-state index in [0.29, 0.717) is 13.0 Å². The summed E-state index contributed by atoms with van der Waals surface area (Å²) in [5.74, 6) is -1.27. The summed E-state index contributed by atoms with van der Waals surface area (Å²) in [6.45, 7) is 2.39. The number of hydrogen-bond donors (Lipinski definition) is 1. The Morgan fingerprint density at radius 2 is 1.95 bits per heavy atom. The molecule has 0 saturated carbocycles. The Labute approximate surface area is 113 Å². The van der Waals surface area contributed by atoms with E-state index < -0.39 is 12.0 Å². The minimum atomic E-state index is -0.895. The van der Waals surface area contributed by atoms with Gasteiger partial charge in [-0.15, -0.1) is 0 Å². The second-order valence-electron chi connectivity index (χ2n) is 5.01. The quantitative estimate of drug-likeness (QED) is 0.908. The number of carboxylic acids is 1. The van der Waals surface area contributed by atoms with Crippen molar-refractivity contribution in [2.24, 2.45) is 0 Å². The summed E-state index contributed by atoms with van der Waals surface area (Å²) in [6, 6.07) is 8.84. The predicted octanol–water partition coefficient (Wildman–Crippen LogP) is 2.26. The van der Waals surface area contributed by atoms with E-state index in [1.165, 1.54) is 4.90 Å². The van der Waals surface area contributed by atoms with Crippen LogP contribution in [0.1, 0.15) is 37.7 Å². The molecule has 1 aliphatic heterocycles. The smallest absolute Gasteiger partial charge is 0.326 e. The number of carbonyl (C=O) groups excluding carboxylic acids is 1. The lowest BCUT2D eigenvalue weighted by atomic mass is 9.95. The maximum absolute atomic E-state index is 12.5. The zero-order chi connectivity index (χ0) is 13.8. The number of hydrogen-bond acceptors (Lipinski definition) is 2. The molecule has 0 aromatic heterocycles. The van der Waals surface area contributed by atoms with E-state index in [4.69, 9.17) is 0 Å². The van der Waals surface area contributed by atoms with Gasteiger partial charge >= 0.3 is 5.97 Å². The minimum absolute atomic E-state index is 0.0849. The highest BCUT2D eigenvalue weighted by molar-refractivity contribution is 5.88. The number of benzene rings is 1. The van der Waals surface area contributed by atoms with Crippen molar-refractivity contribution in [1.29, 1.82) is 0 Å². The number of carboxylic acid groups (broad SMARTS) is 1. The molecule has 4 heteroatoms. The largest absolute Gasteiger partial charge is 0.480 e. The zero-order valence-corrected chi connectivity index (χ0v) is 11.1. The van der Waals surface area contributed by atoms with Crippen molar-refractivity contribution < 1.29 is 14.7 Å². The number of nitrogens with zero attached hydrogens (tertiary/aromatic N) is 1. The van der Waals surface area contributed by atoms with E-state index in [1.807, 2.05) is 37.3 Å². The number of rotatable bonds is 3. The molecule has 0 radical (unpaired) electrons. The van der Waals surface area contributed by atoms with Crippen LogP contribution in [0.15, 0.2) is 30.3 Å². The lowest BCUT2D eigenvalue weighted by Gasteiger charge is -2.34. The molecule has 2 rings (SSSR count). The van der Waals surface area contributed by atoms with E-state index >= 15 is 0 Å². The molecule has 2 atom stereocenters. The fraction of sp³-hybridized carbons (Fsp3) is 0.467. The van der Waals surface area contributed by atoms with Crippen molar-refractivity contribution in [3.05, 3.63) is 35.9 Å². The standard InChI is InChI=1S/C15H19NO3/c1-11(12-7-3-2-4-8-12)14(17)16-10-6-5-9-13(16)15(18)19/h2-4,7-8,11,13H,5-6,9-10H2,1H3,(H,18,19)/t11?,13-/m0/s1. The molecule has 0 bridgehead atoms. The average Bonchev–Trinajstić information content (AvgIpc) is 2.46. The maximum atomic E-state index is 12.5. The van der Waals surface area contributed by atoms with Crippen molar-refractivity contribution in [3.8, 4) is 0 Å².